The zero-order chi connectivity index (χ0) is 16.9. The van der Waals surface area contributed by atoms with Crippen molar-refractivity contribution in [2.45, 2.75) is 6.54 Å². The molecule has 0 aliphatic carbocycles. The molecule has 3 aromatic rings. The molecule has 0 radical (unpaired) electrons. The van der Waals surface area contributed by atoms with Gasteiger partial charge in [-0.1, -0.05) is 30.3 Å². The number of aldehydes is 1. The number of nitrogens with zero attached hydrogens (tertiary/aromatic N) is 1. The highest BCUT2D eigenvalue weighted by atomic mass is 16.7. The number of methoxy groups -OCH3 is 2. The van der Waals surface area contributed by atoms with Gasteiger partial charge in [0.25, 0.3) is 0 Å². The van der Waals surface area contributed by atoms with Gasteiger partial charge in [-0.05, 0) is 17.7 Å². The molecule has 0 amide bonds. The van der Waals surface area contributed by atoms with Crippen molar-refractivity contribution in [3.63, 3.8) is 0 Å². The van der Waals surface area contributed by atoms with Crippen molar-refractivity contribution in [1.82, 2.24) is 4.57 Å². The summed E-state index contributed by atoms with van der Waals surface area (Å²) in [6.07, 6.45) is 2.78. The Morgan fingerprint density at radius 3 is 2.58 bits per heavy atom. The van der Waals surface area contributed by atoms with E-state index in [1.165, 1.54) is 0 Å². The van der Waals surface area contributed by atoms with E-state index in [9.17, 15) is 4.79 Å². The van der Waals surface area contributed by atoms with E-state index >= 15 is 0 Å². The van der Waals surface area contributed by atoms with Crippen LogP contribution in [0.2, 0.25) is 0 Å². The van der Waals surface area contributed by atoms with E-state index in [-0.39, 0.29) is 6.79 Å². The standard InChI is InChI=1S/C19H19NO4/c1-22-13-24-19-17(23-2)10-15(12-21)16-8-9-20(18(16)19)11-14-6-4-3-5-7-14/h3-10,12H,11,13H2,1-2H3. The second-order valence-electron chi connectivity index (χ2n) is 5.36. The Morgan fingerprint density at radius 2 is 1.92 bits per heavy atom. The van der Waals surface area contributed by atoms with Gasteiger partial charge in [-0.25, -0.2) is 0 Å². The van der Waals surface area contributed by atoms with E-state index in [1.54, 1.807) is 20.3 Å². The molecule has 0 atom stereocenters. The van der Waals surface area contributed by atoms with Crippen LogP contribution < -0.4 is 9.47 Å². The van der Waals surface area contributed by atoms with Gasteiger partial charge < -0.3 is 18.8 Å². The third-order valence-electron chi connectivity index (χ3n) is 3.86. The first-order valence-electron chi connectivity index (χ1n) is 7.59. The molecule has 0 saturated carbocycles. The third-order valence-corrected chi connectivity index (χ3v) is 3.86. The number of carbonyl (C=O) groups excluding carboxylic acids is 1. The molecule has 124 valence electrons. The average Bonchev–Trinajstić information content (AvgIpc) is 3.04. The average molecular weight is 325 g/mol. The molecule has 0 aliphatic heterocycles. The van der Waals surface area contributed by atoms with E-state index in [1.807, 2.05) is 35.0 Å². The lowest BCUT2D eigenvalue weighted by Crippen LogP contribution is -2.05. The van der Waals surface area contributed by atoms with Gasteiger partial charge in [-0.2, -0.15) is 0 Å². The largest absolute Gasteiger partial charge is 0.493 e. The molecule has 24 heavy (non-hydrogen) atoms. The van der Waals surface area contributed by atoms with Gasteiger partial charge in [0.2, 0.25) is 0 Å². The number of hydrogen-bond acceptors (Lipinski definition) is 4. The summed E-state index contributed by atoms with van der Waals surface area (Å²) in [4.78, 5) is 11.5. The summed E-state index contributed by atoms with van der Waals surface area (Å²) in [5.74, 6) is 1.08. The summed E-state index contributed by atoms with van der Waals surface area (Å²) >= 11 is 0. The number of rotatable bonds is 7. The quantitative estimate of drug-likeness (QED) is 0.493. The van der Waals surface area contributed by atoms with E-state index in [0.29, 0.717) is 23.6 Å². The van der Waals surface area contributed by atoms with E-state index < -0.39 is 0 Å². The van der Waals surface area contributed by atoms with Crippen molar-refractivity contribution in [3.8, 4) is 11.5 Å². The first kappa shape index (κ1) is 16.1. The molecule has 0 saturated heterocycles. The number of benzene rings is 2. The molecule has 2 aromatic carbocycles. The Hall–Kier alpha value is -2.79. The number of hydrogen-bond donors (Lipinski definition) is 0. The van der Waals surface area contributed by atoms with Crippen LogP contribution in [0.4, 0.5) is 0 Å². The van der Waals surface area contributed by atoms with Crippen LogP contribution in [-0.2, 0) is 11.3 Å². The summed E-state index contributed by atoms with van der Waals surface area (Å²) in [7, 11) is 3.12. The monoisotopic (exact) mass is 325 g/mol. The SMILES string of the molecule is COCOc1c(OC)cc(C=O)c2ccn(Cc3ccccc3)c12. The fourth-order valence-electron chi connectivity index (χ4n) is 2.78. The molecule has 1 aromatic heterocycles. The molecule has 0 bridgehead atoms. The fourth-order valence-corrected chi connectivity index (χ4v) is 2.78. The van der Waals surface area contributed by atoms with Gasteiger partial charge in [0.1, 0.15) is 0 Å². The molecular weight excluding hydrogens is 306 g/mol. The van der Waals surface area contributed by atoms with Crippen LogP contribution in [0.3, 0.4) is 0 Å². The summed E-state index contributed by atoms with van der Waals surface area (Å²) in [6.45, 7) is 0.765. The lowest BCUT2D eigenvalue weighted by atomic mass is 10.1. The number of aromatic nitrogens is 1. The summed E-state index contributed by atoms with van der Waals surface area (Å²) in [6, 6.07) is 13.7. The normalized spacial score (nSPS) is 10.8. The van der Waals surface area contributed by atoms with Crippen LogP contribution in [0, 0.1) is 0 Å². The Kier molecular flexibility index (Phi) is 4.82. The minimum atomic E-state index is 0.0996. The maximum Gasteiger partial charge on any atom is 0.189 e. The van der Waals surface area contributed by atoms with Crippen molar-refractivity contribution >= 4 is 17.2 Å². The zero-order valence-electron chi connectivity index (χ0n) is 13.7. The van der Waals surface area contributed by atoms with Crippen LogP contribution >= 0.6 is 0 Å². The highest BCUT2D eigenvalue weighted by molar-refractivity contribution is 6.01. The van der Waals surface area contributed by atoms with Crippen molar-refractivity contribution in [2.75, 3.05) is 21.0 Å². The Morgan fingerprint density at radius 1 is 1.12 bits per heavy atom. The van der Waals surface area contributed by atoms with Gasteiger partial charge in [0.15, 0.2) is 24.6 Å². The molecule has 5 nitrogen and oxygen atoms in total. The lowest BCUT2D eigenvalue weighted by Gasteiger charge is -2.15. The Balaban J connectivity index is 2.17. The Labute approximate surface area is 140 Å². The maximum absolute atomic E-state index is 11.5. The van der Waals surface area contributed by atoms with Crippen LogP contribution in [-0.4, -0.2) is 31.9 Å². The van der Waals surface area contributed by atoms with Gasteiger partial charge in [0, 0.05) is 30.8 Å². The number of ether oxygens (including phenoxy) is 3. The predicted molar refractivity (Wildman–Crippen MR) is 91.9 cm³/mol. The summed E-state index contributed by atoms with van der Waals surface area (Å²) in [5.41, 5.74) is 2.54. The van der Waals surface area contributed by atoms with Gasteiger partial charge in [0.05, 0.1) is 12.6 Å². The number of carbonyl (C=O) groups is 1. The topological polar surface area (TPSA) is 49.7 Å². The molecule has 0 unspecified atom stereocenters. The second kappa shape index (κ2) is 7.19. The van der Waals surface area contributed by atoms with Crippen LogP contribution in [0.15, 0.2) is 48.7 Å². The lowest BCUT2D eigenvalue weighted by molar-refractivity contribution is 0.0500. The number of fused-ring (bicyclic) bond motifs is 1. The first-order valence-corrected chi connectivity index (χ1v) is 7.59. The predicted octanol–water partition coefficient (Wildman–Crippen LogP) is 3.49. The second-order valence-corrected chi connectivity index (χ2v) is 5.36. The van der Waals surface area contributed by atoms with Crippen LogP contribution in [0.5, 0.6) is 11.5 Å². The van der Waals surface area contributed by atoms with Crippen molar-refractivity contribution in [2.24, 2.45) is 0 Å². The van der Waals surface area contributed by atoms with Crippen molar-refractivity contribution in [3.05, 3.63) is 59.8 Å². The molecule has 3 rings (SSSR count). The third kappa shape index (κ3) is 2.98. The molecule has 0 fully saturated rings. The molecule has 1 heterocycles. The van der Waals surface area contributed by atoms with Crippen molar-refractivity contribution in [1.29, 1.82) is 0 Å². The smallest absolute Gasteiger partial charge is 0.189 e. The molecule has 0 aliphatic rings. The molecule has 5 heteroatoms. The summed E-state index contributed by atoms with van der Waals surface area (Å²) < 4.78 is 18.2. The molecule has 0 N–H and O–H groups in total. The highest BCUT2D eigenvalue weighted by Crippen LogP contribution is 2.38. The van der Waals surface area contributed by atoms with Crippen LogP contribution in [0.25, 0.3) is 10.9 Å². The first-order chi connectivity index (χ1) is 11.8. The molecular formula is C19H19NO4. The molecule has 0 spiro atoms. The highest BCUT2D eigenvalue weighted by Gasteiger charge is 2.18. The fraction of sp³-hybridized carbons (Fsp3) is 0.211. The summed E-state index contributed by atoms with van der Waals surface area (Å²) in [5, 5.41) is 0.827. The minimum Gasteiger partial charge on any atom is -0.493 e. The van der Waals surface area contributed by atoms with E-state index in [2.05, 4.69) is 12.1 Å². The maximum atomic E-state index is 11.5. The minimum absolute atomic E-state index is 0.0996. The Bertz CT molecular complexity index is 839. The van der Waals surface area contributed by atoms with E-state index in [0.717, 1.165) is 22.8 Å². The van der Waals surface area contributed by atoms with Gasteiger partial charge in [-0.3, -0.25) is 4.79 Å². The van der Waals surface area contributed by atoms with Gasteiger partial charge >= 0.3 is 0 Å². The van der Waals surface area contributed by atoms with E-state index in [4.69, 9.17) is 14.2 Å². The van der Waals surface area contributed by atoms with Gasteiger partial charge in [-0.15, -0.1) is 0 Å². The van der Waals surface area contributed by atoms with Crippen molar-refractivity contribution < 1.29 is 19.0 Å². The van der Waals surface area contributed by atoms with Crippen LogP contribution in [0.1, 0.15) is 15.9 Å². The zero-order valence-corrected chi connectivity index (χ0v) is 13.7.